The number of pyridine rings is 1. The van der Waals surface area contributed by atoms with Gasteiger partial charge in [0.25, 0.3) is 5.69 Å². The Kier molecular flexibility index (Phi) is 3.20. The van der Waals surface area contributed by atoms with E-state index < -0.39 is 4.92 Å². The molecule has 0 saturated heterocycles. The molecule has 0 aliphatic rings. The van der Waals surface area contributed by atoms with E-state index in [-0.39, 0.29) is 11.6 Å². The minimum absolute atomic E-state index is 0.0511. The summed E-state index contributed by atoms with van der Waals surface area (Å²) >= 11 is 3.12. The van der Waals surface area contributed by atoms with Crippen LogP contribution in [0.2, 0.25) is 0 Å². The lowest BCUT2D eigenvalue weighted by atomic mass is 10.1. The summed E-state index contributed by atoms with van der Waals surface area (Å²) in [5.74, 6) is 2.06. The molecule has 1 aromatic rings. The maximum absolute atomic E-state index is 10.7. The zero-order chi connectivity index (χ0) is 10.7. The molecule has 0 saturated carbocycles. The topological polar surface area (TPSA) is 56.0 Å². The first-order chi connectivity index (χ1) is 6.56. The third kappa shape index (κ3) is 2.09. The predicted octanol–water partition coefficient (Wildman–Crippen LogP) is 2.49. The van der Waals surface area contributed by atoms with Gasteiger partial charge in [0, 0.05) is 16.7 Å². The second-order valence-corrected chi connectivity index (χ2v) is 3.62. The van der Waals surface area contributed by atoms with Gasteiger partial charge < -0.3 is 0 Å². The largest absolute Gasteiger partial charge is 0.293 e. The Bertz CT molecular complexity index is 412. The number of aromatic nitrogens is 1. The van der Waals surface area contributed by atoms with Gasteiger partial charge in [-0.3, -0.25) is 15.1 Å². The number of rotatable bonds is 2. The summed E-state index contributed by atoms with van der Waals surface area (Å²) < 4.78 is 0.567. The second kappa shape index (κ2) is 4.20. The van der Waals surface area contributed by atoms with E-state index in [4.69, 9.17) is 6.42 Å². The summed E-state index contributed by atoms with van der Waals surface area (Å²) in [7, 11) is 0. The van der Waals surface area contributed by atoms with Crippen LogP contribution in [-0.2, 0) is 0 Å². The smallest absolute Gasteiger partial charge is 0.258 e. The fraction of sp³-hybridized carbons (Fsp3) is 0.222. The van der Waals surface area contributed by atoms with E-state index in [2.05, 4.69) is 26.8 Å². The first-order valence-electron chi connectivity index (χ1n) is 3.82. The third-order valence-corrected chi connectivity index (χ3v) is 2.15. The fourth-order valence-electron chi connectivity index (χ4n) is 0.998. The lowest BCUT2D eigenvalue weighted by Gasteiger charge is -2.04. The van der Waals surface area contributed by atoms with Crippen LogP contribution >= 0.6 is 15.9 Å². The zero-order valence-corrected chi connectivity index (χ0v) is 8.98. The maximum atomic E-state index is 10.7. The van der Waals surface area contributed by atoms with Crippen molar-refractivity contribution in [3.63, 3.8) is 0 Å². The van der Waals surface area contributed by atoms with Crippen LogP contribution in [0.5, 0.6) is 0 Å². The van der Waals surface area contributed by atoms with Crippen LogP contribution in [0.25, 0.3) is 0 Å². The quantitative estimate of drug-likeness (QED) is 0.463. The van der Waals surface area contributed by atoms with Crippen LogP contribution in [-0.4, -0.2) is 9.91 Å². The summed E-state index contributed by atoms with van der Waals surface area (Å²) in [5.41, 5.74) is 0.269. The van der Waals surface area contributed by atoms with Crippen LogP contribution in [0, 0.1) is 22.5 Å². The highest BCUT2D eigenvalue weighted by molar-refractivity contribution is 9.10. The highest BCUT2D eigenvalue weighted by atomic mass is 79.9. The Morgan fingerprint density at radius 3 is 2.93 bits per heavy atom. The van der Waals surface area contributed by atoms with Crippen LogP contribution in [0.3, 0.4) is 0 Å². The van der Waals surface area contributed by atoms with E-state index in [0.29, 0.717) is 10.2 Å². The van der Waals surface area contributed by atoms with Gasteiger partial charge >= 0.3 is 0 Å². The van der Waals surface area contributed by atoms with Crippen LogP contribution < -0.4 is 0 Å². The SMILES string of the molecule is C#CC(C)c1ncc(Br)cc1[N+](=O)[O-]. The molecule has 4 nitrogen and oxygen atoms in total. The van der Waals surface area contributed by atoms with E-state index >= 15 is 0 Å². The van der Waals surface area contributed by atoms with Crippen molar-refractivity contribution in [1.82, 2.24) is 4.98 Å². The van der Waals surface area contributed by atoms with Crippen molar-refractivity contribution in [3.8, 4) is 12.3 Å². The van der Waals surface area contributed by atoms with E-state index in [1.165, 1.54) is 12.3 Å². The number of hydrogen-bond donors (Lipinski definition) is 0. The fourth-order valence-corrected chi connectivity index (χ4v) is 1.32. The summed E-state index contributed by atoms with van der Waals surface area (Å²) in [4.78, 5) is 14.1. The van der Waals surface area contributed by atoms with E-state index in [9.17, 15) is 10.1 Å². The van der Waals surface area contributed by atoms with Gasteiger partial charge in [-0.05, 0) is 22.9 Å². The molecule has 1 atom stereocenters. The van der Waals surface area contributed by atoms with Crippen molar-refractivity contribution in [3.05, 3.63) is 32.5 Å². The zero-order valence-electron chi connectivity index (χ0n) is 7.40. The standard InChI is InChI=1S/C9H7BrN2O2/c1-3-6(2)9-8(12(13)14)4-7(10)5-11-9/h1,4-6H,2H3. The molecule has 1 unspecified atom stereocenters. The van der Waals surface area contributed by atoms with Crippen molar-refractivity contribution >= 4 is 21.6 Å². The van der Waals surface area contributed by atoms with Gasteiger partial charge in [0.2, 0.25) is 0 Å². The molecule has 0 N–H and O–H groups in total. The Balaban J connectivity index is 3.30. The molecule has 0 spiro atoms. The van der Waals surface area contributed by atoms with Crippen molar-refractivity contribution < 1.29 is 4.92 Å². The molecular weight excluding hydrogens is 248 g/mol. The van der Waals surface area contributed by atoms with Crippen LogP contribution in [0.4, 0.5) is 5.69 Å². The summed E-state index contributed by atoms with van der Waals surface area (Å²) in [5, 5.41) is 10.7. The molecule has 0 bridgehead atoms. The average Bonchev–Trinajstić information content (AvgIpc) is 2.16. The van der Waals surface area contributed by atoms with Crippen molar-refractivity contribution in [2.24, 2.45) is 0 Å². The molecule has 0 amide bonds. The molecule has 1 rings (SSSR count). The predicted molar refractivity (Wildman–Crippen MR) is 55.8 cm³/mol. The highest BCUT2D eigenvalue weighted by Crippen LogP contribution is 2.26. The van der Waals surface area contributed by atoms with Crippen molar-refractivity contribution in [1.29, 1.82) is 0 Å². The Morgan fingerprint density at radius 1 is 1.79 bits per heavy atom. The summed E-state index contributed by atoms with van der Waals surface area (Å²) in [6.45, 7) is 1.70. The second-order valence-electron chi connectivity index (χ2n) is 2.70. The normalized spacial score (nSPS) is 11.8. The Hall–Kier alpha value is -1.41. The molecule has 5 heteroatoms. The van der Waals surface area contributed by atoms with E-state index in [1.807, 2.05) is 0 Å². The molecule has 0 fully saturated rings. The molecule has 72 valence electrons. The Morgan fingerprint density at radius 2 is 2.43 bits per heavy atom. The molecule has 14 heavy (non-hydrogen) atoms. The summed E-state index contributed by atoms with van der Waals surface area (Å²) in [6, 6.07) is 1.40. The van der Waals surface area contributed by atoms with E-state index in [0.717, 1.165) is 0 Å². The molecular formula is C9H7BrN2O2. The van der Waals surface area contributed by atoms with Crippen molar-refractivity contribution in [2.75, 3.05) is 0 Å². The highest BCUT2D eigenvalue weighted by Gasteiger charge is 2.19. The van der Waals surface area contributed by atoms with Crippen LogP contribution in [0.1, 0.15) is 18.5 Å². The first kappa shape index (κ1) is 10.7. The number of halogens is 1. The maximum Gasteiger partial charge on any atom is 0.293 e. The van der Waals surface area contributed by atoms with Gasteiger partial charge in [-0.1, -0.05) is 5.92 Å². The minimum atomic E-state index is -0.485. The number of hydrogen-bond acceptors (Lipinski definition) is 3. The molecule has 0 aliphatic heterocycles. The van der Waals surface area contributed by atoms with Gasteiger partial charge in [0.15, 0.2) is 0 Å². The number of nitrogens with zero attached hydrogens (tertiary/aromatic N) is 2. The first-order valence-corrected chi connectivity index (χ1v) is 4.61. The summed E-state index contributed by atoms with van der Waals surface area (Å²) in [6.07, 6.45) is 6.68. The van der Waals surface area contributed by atoms with Crippen LogP contribution in [0.15, 0.2) is 16.7 Å². The average molecular weight is 255 g/mol. The molecule has 0 aromatic carbocycles. The Labute approximate surface area is 89.6 Å². The van der Waals surface area contributed by atoms with Gasteiger partial charge in [-0.2, -0.15) is 0 Å². The van der Waals surface area contributed by atoms with Gasteiger partial charge in [-0.25, -0.2) is 0 Å². The third-order valence-electron chi connectivity index (χ3n) is 1.72. The lowest BCUT2D eigenvalue weighted by Crippen LogP contribution is -2.01. The van der Waals surface area contributed by atoms with Crippen molar-refractivity contribution in [2.45, 2.75) is 12.8 Å². The monoisotopic (exact) mass is 254 g/mol. The number of terminal acetylenes is 1. The molecule has 0 radical (unpaired) electrons. The van der Waals surface area contributed by atoms with Gasteiger partial charge in [0.05, 0.1) is 10.8 Å². The van der Waals surface area contributed by atoms with Gasteiger partial charge in [-0.15, -0.1) is 6.42 Å². The molecule has 0 aliphatic carbocycles. The van der Waals surface area contributed by atoms with E-state index in [1.54, 1.807) is 6.92 Å². The van der Waals surface area contributed by atoms with Gasteiger partial charge in [0.1, 0.15) is 5.69 Å². The molecule has 1 heterocycles. The number of nitro groups is 1. The minimum Gasteiger partial charge on any atom is -0.258 e. The molecule has 1 aromatic heterocycles. The lowest BCUT2D eigenvalue weighted by molar-refractivity contribution is -0.386.